The molecular formula is C13H15FN2O2. The number of carboxylic acids is 1. The van der Waals surface area contributed by atoms with Crippen LogP contribution in [-0.4, -0.2) is 28.6 Å². The van der Waals surface area contributed by atoms with Crippen molar-refractivity contribution in [1.82, 2.24) is 4.90 Å². The third-order valence-corrected chi connectivity index (χ3v) is 2.63. The lowest BCUT2D eigenvalue weighted by Crippen LogP contribution is -2.35. The van der Waals surface area contributed by atoms with E-state index in [9.17, 15) is 9.18 Å². The van der Waals surface area contributed by atoms with Crippen LogP contribution in [0.1, 0.15) is 25.0 Å². The van der Waals surface area contributed by atoms with Gasteiger partial charge in [0.25, 0.3) is 0 Å². The number of hydrogen-bond acceptors (Lipinski definition) is 3. The molecule has 0 heterocycles. The Kier molecular flexibility index (Phi) is 4.81. The van der Waals surface area contributed by atoms with Crippen LogP contribution in [-0.2, 0) is 11.3 Å². The van der Waals surface area contributed by atoms with Crippen LogP contribution in [0.3, 0.4) is 0 Å². The van der Waals surface area contributed by atoms with Crippen LogP contribution >= 0.6 is 0 Å². The van der Waals surface area contributed by atoms with Gasteiger partial charge in [0.2, 0.25) is 0 Å². The molecule has 0 aromatic heterocycles. The summed E-state index contributed by atoms with van der Waals surface area (Å²) in [4.78, 5) is 12.5. The molecule has 18 heavy (non-hydrogen) atoms. The summed E-state index contributed by atoms with van der Waals surface area (Å²) in [5.74, 6) is -1.39. The number of carboxylic acid groups (broad SMARTS) is 1. The number of benzene rings is 1. The minimum Gasteiger partial charge on any atom is -0.480 e. The smallest absolute Gasteiger partial charge is 0.317 e. The van der Waals surface area contributed by atoms with E-state index in [2.05, 4.69) is 0 Å². The molecule has 0 saturated carbocycles. The summed E-state index contributed by atoms with van der Waals surface area (Å²) < 4.78 is 13.0. The highest BCUT2D eigenvalue weighted by atomic mass is 19.1. The maximum atomic E-state index is 13.0. The molecule has 1 rings (SSSR count). The first kappa shape index (κ1) is 14.1. The quantitative estimate of drug-likeness (QED) is 0.868. The largest absolute Gasteiger partial charge is 0.480 e. The van der Waals surface area contributed by atoms with E-state index in [0.29, 0.717) is 12.1 Å². The molecule has 0 spiro atoms. The third kappa shape index (κ3) is 3.82. The van der Waals surface area contributed by atoms with E-state index in [1.165, 1.54) is 12.1 Å². The minimum absolute atomic E-state index is 0.0256. The van der Waals surface area contributed by atoms with E-state index in [-0.39, 0.29) is 18.2 Å². The topological polar surface area (TPSA) is 64.3 Å². The van der Waals surface area contributed by atoms with E-state index >= 15 is 0 Å². The molecule has 1 aromatic rings. The Morgan fingerprint density at radius 1 is 1.56 bits per heavy atom. The maximum Gasteiger partial charge on any atom is 0.317 e. The summed E-state index contributed by atoms with van der Waals surface area (Å²) in [6.45, 7) is 3.95. The van der Waals surface area contributed by atoms with Crippen LogP contribution in [0.2, 0.25) is 0 Å². The monoisotopic (exact) mass is 250 g/mol. The SMILES string of the molecule is CC(C)N(CC(=O)O)Cc1ccc(F)cc1C#N. The van der Waals surface area contributed by atoms with Crippen molar-refractivity contribution in [2.45, 2.75) is 26.4 Å². The maximum absolute atomic E-state index is 13.0. The second-order valence-electron chi connectivity index (χ2n) is 4.31. The second kappa shape index (κ2) is 6.12. The normalized spacial score (nSPS) is 10.7. The van der Waals surface area contributed by atoms with Gasteiger partial charge in [-0.1, -0.05) is 6.07 Å². The van der Waals surface area contributed by atoms with Gasteiger partial charge in [-0.2, -0.15) is 5.26 Å². The van der Waals surface area contributed by atoms with Gasteiger partial charge in [0.05, 0.1) is 18.2 Å². The Bertz CT molecular complexity index is 480. The molecule has 5 heteroatoms. The van der Waals surface area contributed by atoms with Gasteiger partial charge >= 0.3 is 5.97 Å². The lowest BCUT2D eigenvalue weighted by atomic mass is 10.1. The van der Waals surface area contributed by atoms with Crippen LogP contribution in [0.4, 0.5) is 4.39 Å². The van der Waals surface area contributed by atoms with Crippen LogP contribution in [0.15, 0.2) is 18.2 Å². The van der Waals surface area contributed by atoms with Gasteiger partial charge < -0.3 is 5.11 Å². The standard InChI is InChI=1S/C13H15FN2O2/c1-9(2)16(8-13(17)18)7-10-3-4-12(14)5-11(10)6-15/h3-5,9H,7-8H2,1-2H3,(H,17,18). The van der Waals surface area contributed by atoms with Crippen molar-refractivity contribution in [3.05, 3.63) is 35.1 Å². The van der Waals surface area contributed by atoms with Crippen LogP contribution < -0.4 is 0 Å². The van der Waals surface area contributed by atoms with Crippen molar-refractivity contribution < 1.29 is 14.3 Å². The lowest BCUT2D eigenvalue weighted by molar-refractivity contribution is -0.138. The van der Waals surface area contributed by atoms with Crippen molar-refractivity contribution in [2.75, 3.05) is 6.54 Å². The summed E-state index contributed by atoms with van der Waals surface area (Å²) in [5, 5.41) is 17.7. The molecule has 0 fully saturated rings. The molecule has 0 atom stereocenters. The van der Waals surface area contributed by atoms with Gasteiger partial charge in [0, 0.05) is 12.6 Å². The van der Waals surface area contributed by atoms with Crippen molar-refractivity contribution in [2.24, 2.45) is 0 Å². The van der Waals surface area contributed by atoms with Crippen molar-refractivity contribution in [1.29, 1.82) is 5.26 Å². The van der Waals surface area contributed by atoms with Crippen molar-refractivity contribution in [3.8, 4) is 6.07 Å². The Morgan fingerprint density at radius 2 is 2.22 bits per heavy atom. The molecule has 96 valence electrons. The van der Waals surface area contributed by atoms with Gasteiger partial charge in [-0.15, -0.1) is 0 Å². The van der Waals surface area contributed by atoms with E-state index in [1.807, 2.05) is 19.9 Å². The number of rotatable bonds is 5. The summed E-state index contributed by atoms with van der Waals surface area (Å²) in [6, 6.07) is 5.90. The fourth-order valence-corrected chi connectivity index (χ4v) is 1.60. The highest BCUT2D eigenvalue weighted by Crippen LogP contribution is 2.14. The fraction of sp³-hybridized carbons (Fsp3) is 0.385. The number of halogens is 1. The molecule has 4 nitrogen and oxygen atoms in total. The summed E-state index contributed by atoms with van der Waals surface area (Å²) in [5.41, 5.74) is 0.875. The van der Waals surface area contributed by atoms with Crippen molar-refractivity contribution >= 4 is 5.97 Å². The average molecular weight is 250 g/mol. The first-order valence-corrected chi connectivity index (χ1v) is 5.58. The van der Waals surface area contributed by atoms with Gasteiger partial charge in [0.15, 0.2) is 0 Å². The zero-order chi connectivity index (χ0) is 13.7. The third-order valence-electron chi connectivity index (χ3n) is 2.63. The minimum atomic E-state index is -0.927. The van der Waals surface area contributed by atoms with Gasteiger partial charge in [-0.25, -0.2) is 4.39 Å². The number of hydrogen-bond donors (Lipinski definition) is 1. The first-order valence-electron chi connectivity index (χ1n) is 5.58. The molecule has 0 unspecified atom stereocenters. The molecule has 0 amide bonds. The van der Waals surface area contributed by atoms with Crippen LogP contribution in [0.25, 0.3) is 0 Å². The number of aliphatic carboxylic acids is 1. The van der Waals surface area contributed by atoms with E-state index in [1.54, 1.807) is 4.90 Å². The van der Waals surface area contributed by atoms with E-state index < -0.39 is 11.8 Å². The Morgan fingerprint density at radius 3 is 2.72 bits per heavy atom. The van der Waals surface area contributed by atoms with Gasteiger partial charge in [0.1, 0.15) is 5.82 Å². The molecular weight excluding hydrogens is 235 g/mol. The lowest BCUT2D eigenvalue weighted by Gasteiger charge is -2.24. The van der Waals surface area contributed by atoms with Crippen LogP contribution in [0, 0.1) is 17.1 Å². The summed E-state index contributed by atoms with van der Waals surface area (Å²) >= 11 is 0. The first-order chi connectivity index (χ1) is 8.43. The molecule has 0 saturated heterocycles. The Hall–Kier alpha value is -1.93. The highest BCUT2D eigenvalue weighted by Gasteiger charge is 2.15. The van der Waals surface area contributed by atoms with E-state index in [4.69, 9.17) is 10.4 Å². The predicted octanol–water partition coefficient (Wildman–Crippen LogP) is 1.99. The molecule has 0 aliphatic heterocycles. The van der Waals surface area contributed by atoms with Gasteiger partial charge in [-0.05, 0) is 31.5 Å². The predicted molar refractivity (Wildman–Crippen MR) is 64.3 cm³/mol. The summed E-state index contributed by atoms with van der Waals surface area (Å²) in [7, 11) is 0. The summed E-state index contributed by atoms with van der Waals surface area (Å²) in [6.07, 6.45) is 0. The fourth-order valence-electron chi connectivity index (χ4n) is 1.60. The number of carbonyl (C=O) groups is 1. The Labute approximate surface area is 105 Å². The zero-order valence-corrected chi connectivity index (χ0v) is 10.4. The van der Waals surface area contributed by atoms with Crippen LogP contribution in [0.5, 0.6) is 0 Å². The van der Waals surface area contributed by atoms with E-state index in [0.717, 1.165) is 6.07 Å². The molecule has 0 bridgehead atoms. The molecule has 0 aliphatic rings. The average Bonchev–Trinajstić information content (AvgIpc) is 2.29. The molecule has 0 aliphatic carbocycles. The molecule has 1 aromatic carbocycles. The number of nitriles is 1. The highest BCUT2D eigenvalue weighted by molar-refractivity contribution is 5.69. The number of nitrogens with zero attached hydrogens (tertiary/aromatic N) is 2. The second-order valence-corrected chi connectivity index (χ2v) is 4.31. The molecule has 1 N–H and O–H groups in total. The zero-order valence-electron chi connectivity index (χ0n) is 10.4. The Balaban J connectivity index is 2.94. The van der Waals surface area contributed by atoms with Gasteiger partial charge in [-0.3, -0.25) is 9.69 Å². The molecule has 0 radical (unpaired) electrons. The van der Waals surface area contributed by atoms with Crippen molar-refractivity contribution in [3.63, 3.8) is 0 Å².